The number of thioether (sulfide) groups is 1. The van der Waals surface area contributed by atoms with E-state index in [4.69, 9.17) is 0 Å². The number of guanidine groups is 1. The number of nitrogens with zero attached hydrogens (tertiary/aromatic N) is 3. The van der Waals surface area contributed by atoms with Gasteiger partial charge in [0.2, 0.25) is 0 Å². The van der Waals surface area contributed by atoms with Crippen LogP contribution in [0.1, 0.15) is 22.5 Å². The molecule has 0 bridgehead atoms. The maximum atomic E-state index is 4.46. The minimum atomic E-state index is 0.730. The van der Waals surface area contributed by atoms with Gasteiger partial charge in [0, 0.05) is 49.9 Å². The normalized spacial score (nSPS) is 11.8. The van der Waals surface area contributed by atoms with E-state index in [2.05, 4.69) is 70.1 Å². The maximum absolute atomic E-state index is 4.46. The smallest absolute Gasteiger partial charge is 0.191 e. The molecule has 0 atom stereocenters. The molecule has 0 aliphatic rings. The van der Waals surface area contributed by atoms with Crippen LogP contribution in [0.15, 0.2) is 47.5 Å². The number of aromatic nitrogens is 2. The number of hydrogen-bond donors (Lipinski definition) is 2. The Morgan fingerprint density at radius 3 is 2.64 bits per heavy atom. The molecule has 1 heterocycles. The van der Waals surface area contributed by atoms with Crippen LogP contribution < -0.4 is 10.6 Å². The summed E-state index contributed by atoms with van der Waals surface area (Å²) in [6.07, 6.45) is 0. The van der Waals surface area contributed by atoms with Crippen molar-refractivity contribution >= 4 is 28.5 Å². The third kappa shape index (κ3) is 4.87. The van der Waals surface area contributed by atoms with Crippen LogP contribution in [0.4, 0.5) is 0 Å². The number of aliphatic imine (C=N–C) groups is 1. The summed E-state index contributed by atoms with van der Waals surface area (Å²) in [7, 11) is 3.79. The molecule has 28 heavy (non-hydrogen) atoms. The van der Waals surface area contributed by atoms with Gasteiger partial charge in [-0.15, -0.1) is 0 Å². The van der Waals surface area contributed by atoms with Gasteiger partial charge in [0.15, 0.2) is 5.96 Å². The van der Waals surface area contributed by atoms with Crippen LogP contribution in [-0.2, 0) is 19.3 Å². The molecule has 0 aliphatic heterocycles. The van der Waals surface area contributed by atoms with E-state index < -0.39 is 0 Å². The second kappa shape index (κ2) is 9.64. The monoisotopic (exact) mass is 395 g/mol. The van der Waals surface area contributed by atoms with Crippen molar-refractivity contribution in [2.24, 2.45) is 12.0 Å². The molecule has 3 rings (SSSR count). The standard InChI is InChI=1S/C22H29N5S/c1-16-21(17(2)27(4)26-16)14-25-22(23-3)24-12-13-28-15-19-10-7-9-18-8-5-6-11-20(18)19/h5-11H,12-15H2,1-4H3,(H2,23,24,25). The molecule has 3 aromatic rings. The number of hydrogen-bond acceptors (Lipinski definition) is 3. The number of benzene rings is 2. The first-order chi connectivity index (χ1) is 13.6. The first-order valence-electron chi connectivity index (χ1n) is 9.58. The Balaban J connectivity index is 1.43. The molecular weight excluding hydrogens is 366 g/mol. The van der Waals surface area contributed by atoms with Gasteiger partial charge in [0.1, 0.15) is 0 Å². The Hall–Kier alpha value is -2.47. The topological polar surface area (TPSA) is 54.2 Å². The van der Waals surface area contributed by atoms with E-state index in [0.29, 0.717) is 0 Å². The van der Waals surface area contributed by atoms with Crippen molar-refractivity contribution in [1.29, 1.82) is 0 Å². The summed E-state index contributed by atoms with van der Waals surface area (Å²) in [5, 5.41) is 13.9. The molecule has 0 saturated carbocycles. The van der Waals surface area contributed by atoms with E-state index in [-0.39, 0.29) is 0 Å². The first-order valence-corrected chi connectivity index (χ1v) is 10.7. The van der Waals surface area contributed by atoms with E-state index in [1.165, 1.54) is 27.6 Å². The fourth-order valence-corrected chi connectivity index (χ4v) is 4.17. The van der Waals surface area contributed by atoms with Crippen molar-refractivity contribution in [3.63, 3.8) is 0 Å². The molecule has 148 valence electrons. The average molecular weight is 396 g/mol. The third-order valence-electron chi connectivity index (χ3n) is 4.99. The molecule has 2 N–H and O–H groups in total. The van der Waals surface area contributed by atoms with Gasteiger partial charge in [-0.2, -0.15) is 16.9 Å². The quantitative estimate of drug-likeness (QED) is 0.363. The van der Waals surface area contributed by atoms with Crippen molar-refractivity contribution in [3.05, 3.63) is 65.0 Å². The number of rotatable bonds is 7. The minimum absolute atomic E-state index is 0.730. The minimum Gasteiger partial charge on any atom is -0.356 e. The second-order valence-electron chi connectivity index (χ2n) is 6.82. The molecule has 0 unspecified atom stereocenters. The highest BCUT2D eigenvalue weighted by Crippen LogP contribution is 2.22. The van der Waals surface area contributed by atoms with E-state index in [1.807, 2.05) is 37.5 Å². The lowest BCUT2D eigenvalue weighted by Gasteiger charge is -2.12. The van der Waals surface area contributed by atoms with Gasteiger partial charge in [0.25, 0.3) is 0 Å². The third-order valence-corrected chi connectivity index (χ3v) is 6.00. The van der Waals surface area contributed by atoms with Crippen LogP contribution in [0, 0.1) is 13.8 Å². The summed E-state index contributed by atoms with van der Waals surface area (Å²) in [4.78, 5) is 4.32. The molecule has 0 saturated heterocycles. The van der Waals surface area contributed by atoms with Crippen LogP contribution >= 0.6 is 11.8 Å². The van der Waals surface area contributed by atoms with Crippen LogP contribution in [0.2, 0.25) is 0 Å². The largest absolute Gasteiger partial charge is 0.356 e. The molecule has 0 amide bonds. The first kappa shape index (κ1) is 20.3. The number of aryl methyl sites for hydroxylation is 2. The highest BCUT2D eigenvalue weighted by molar-refractivity contribution is 7.98. The number of fused-ring (bicyclic) bond motifs is 1. The van der Waals surface area contributed by atoms with Crippen LogP contribution in [0.3, 0.4) is 0 Å². The van der Waals surface area contributed by atoms with Gasteiger partial charge in [0.05, 0.1) is 5.69 Å². The fourth-order valence-electron chi connectivity index (χ4n) is 3.31. The molecule has 1 aromatic heterocycles. The summed E-state index contributed by atoms with van der Waals surface area (Å²) in [6.45, 7) is 5.75. The summed E-state index contributed by atoms with van der Waals surface area (Å²) >= 11 is 1.94. The van der Waals surface area contributed by atoms with Crippen molar-refractivity contribution in [2.45, 2.75) is 26.1 Å². The van der Waals surface area contributed by atoms with Crippen LogP contribution in [0.25, 0.3) is 10.8 Å². The van der Waals surface area contributed by atoms with E-state index in [9.17, 15) is 0 Å². The molecule has 0 fully saturated rings. The summed E-state index contributed by atoms with van der Waals surface area (Å²) in [5.41, 5.74) is 4.88. The molecule has 5 nitrogen and oxygen atoms in total. The average Bonchev–Trinajstić information content (AvgIpc) is 2.95. The molecular formula is C22H29N5S. The van der Waals surface area contributed by atoms with E-state index in [1.54, 1.807) is 0 Å². The fraction of sp³-hybridized carbons (Fsp3) is 0.364. The second-order valence-corrected chi connectivity index (χ2v) is 7.92. The highest BCUT2D eigenvalue weighted by atomic mass is 32.2. The van der Waals surface area contributed by atoms with Crippen LogP contribution in [0.5, 0.6) is 0 Å². The van der Waals surface area contributed by atoms with Crippen LogP contribution in [-0.4, -0.2) is 35.1 Å². The summed E-state index contributed by atoms with van der Waals surface area (Å²) < 4.78 is 1.92. The van der Waals surface area contributed by atoms with Crippen molar-refractivity contribution in [1.82, 2.24) is 20.4 Å². The SMILES string of the molecule is CN=C(NCCSCc1cccc2ccccc12)NCc1c(C)nn(C)c1C. The van der Waals surface area contributed by atoms with Crippen molar-refractivity contribution < 1.29 is 0 Å². The van der Waals surface area contributed by atoms with Gasteiger partial charge in [-0.25, -0.2) is 0 Å². The van der Waals surface area contributed by atoms with Gasteiger partial charge < -0.3 is 10.6 Å². The zero-order valence-corrected chi connectivity index (χ0v) is 17.9. The lowest BCUT2D eigenvalue weighted by atomic mass is 10.1. The van der Waals surface area contributed by atoms with Gasteiger partial charge in [-0.1, -0.05) is 42.5 Å². The van der Waals surface area contributed by atoms with E-state index in [0.717, 1.165) is 36.2 Å². The Morgan fingerprint density at radius 2 is 1.89 bits per heavy atom. The van der Waals surface area contributed by atoms with Crippen molar-refractivity contribution in [2.75, 3.05) is 19.3 Å². The zero-order valence-electron chi connectivity index (χ0n) is 17.1. The molecule has 2 aromatic carbocycles. The van der Waals surface area contributed by atoms with Gasteiger partial charge in [-0.05, 0) is 30.2 Å². The lowest BCUT2D eigenvalue weighted by molar-refractivity contribution is 0.729. The summed E-state index contributed by atoms with van der Waals surface area (Å²) in [5.74, 6) is 2.87. The number of nitrogens with one attached hydrogen (secondary N) is 2. The molecule has 6 heteroatoms. The predicted octanol–water partition coefficient (Wildman–Crippen LogP) is 3.79. The van der Waals surface area contributed by atoms with Gasteiger partial charge in [-0.3, -0.25) is 9.67 Å². The highest BCUT2D eigenvalue weighted by Gasteiger charge is 2.09. The Bertz CT molecular complexity index is 955. The predicted molar refractivity (Wildman–Crippen MR) is 121 cm³/mol. The molecule has 0 spiro atoms. The lowest BCUT2D eigenvalue weighted by Crippen LogP contribution is -2.38. The van der Waals surface area contributed by atoms with E-state index >= 15 is 0 Å². The Kier molecular flexibility index (Phi) is 6.98. The summed E-state index contributed by atoms with van der Waals surface area (Å²) in [6, 6.07) is 15.1. The zero-order chi connectivity index (χ0) is 19.9. The molecule has 0 radical (unpaired) electrons. The van der Waals surface area contributed by atoms with Crippen molar-refractivity contribution in [3.8, 4) is 0 Å². The maximum Gasteiger partial charge on any atom is 0.191 e. The Morgan fingerprint density at radius 1 is 1.11 bits per heavy atom. The van der Waals surface area contributed by atoms with Gasteiger partial charge >= 0.3 is 0 Å². The molecule has 0 aliphatic carbocycles. The Labute approximate surface area is 171 Å².